The van der Waals surface area contributed by atoms with Crippen molar-refractivity contribution < 1.29 is 8.42 Å². The molecule has 0 bridgehead atoms. The van der Waals surface area contributed by atoms with Crippen LogP contribution in [0.3, 0.4) is 0 Å². The fraction of sp³-hybridized carbons (Fsp3) is 0.333. The van der Waals surface area contributed by atoms with E-state index in [0.29, 0.717) is 11.4 Å². The maximum atomic E-state index is 11.2. The number of hydrogen-bond acceptors (Lipinski definition) is 3. The smallest absolute Gasteiger partial charge is 0.175 e. The van der Waals surface area contributed by atoms with Crippen molar-refractivity contribution in [3.8, 4) is 12.3 Å². The summed E-state index contributed by atoms with van der Waals surface area (Å²) in [6, 6.07) is 6.93. The van der Waals surface area contributed by atoms with Crippen LogP contribution < -0.4 is 5.32 Å². The number of hydrogen-bond donors (Lipinski definition) is 1. The van der Waals surface area contributed by atoms with Gasteiger partial charge in [-0.2, -0.15) is 0 Å². The molecule has 0 aliphatic rings. The third-order valence-electron chi connectivity index (χ3n) is 2.32. The molecular weight excluding hydrogens is 222 g/mol. The van der Waals surface area contributed by atoms with E-state index in [0.717, 1.165) is 5.56 Å². The predicted molar refractivity (Wildman–Crippen MR) is 64.8 cm³/mol. The van der Waals surface area contributed by atoms with Crippen LogP contribution in [0.15, 0.2) is 29.2 Å². The molecule has 0 saturated heterocycles. The number of terminal acetylenes is 1. The summed E-state index contributed by atoms with van der Waals surface area (Å²) in [5.74, 6) is 2.50. The average Bonchev–Trinajstić information content (AvgIpc) is 2.25. The quantitative estimate of drug-likeness (QED) is 0.805. The highest BCUT2D eigenvalue weighted by Gasteiger charge is 2.08. The molecule has 0 heterocycles. The van der Waals surface area contributed by atoms with Crippen LogP contribution in [0.1, 0.15) is 18.5 Å². The van der Waals surface area contributed by atoms with Gasteiger partial charge in [0, 0.05) is 12.3 Å². The first-order chi connectivity index (χ1) is 7.45. The summed E-state index contributed by atoms with van der Waals surface area (Å²) in [7, 11) is -3.11. The zero-order chi connectivity index (χ0) is 12.2. The lowest BCUT2D eigenvalue weighted by Crippen LogP contribution is -2.18. The highest BCUT2D eigenvalue weighted by molar-refractivity contribution is 7.90. The summed E-state index contributed by atoms with van der Waals surface area (Å²) in [4.78, 5) is 0.334. The van der Waals surface area contributed by atoms with Gasteiger partial charge in [0.15, 0.2) is 9.84 Å². The molecule has 0 radical (unpaired) electrons. The minimum Gasteiger partial charge on any atom is -0.300 e. The number of nitrogens with one attached hydrogen (secondary N) is 1. The van der Waals surface area contributed by atoms with E-state index in [1.54, 1.807) is 24.3 Å². The highest BCUT2D eigenvalue weighted by Crippen LogP contribution is 2.15. The van der Waals surface area contributed by atoms with Crippen LogP contribution in [0.25, 0.3) is 0 Å². The predicted octanol–water partition coefficient (Wildman–Crippen LogP) is 1.37. The molecule has 0 aliphatic carbocycles. The minimum absolute atomic E-state index is 0.115. The molecule has 1 unspecified atom stereocenters. The van der Waals surface area contributed by atoms with E-state index in [4.69, 9.17) is 6.42 Å². The van der Waals surface area contributed by atoms with E-state index < -0.39 is 9.84 Å². The molecule has 3 nitrogen and oxygen atoms in total. The van der Waals surface area contributed by atoms with Gasteiger partial charge in [-0.1, -0.05) is 18.1 Å². The van der Waals surface area contributed by atoms with Crippen molar-refractivity contribution in [1.29, 1.82) is 0 Å². The molecule has 0 fully saturated rings. The van der Waals surface area contributed by atoms with Gasteiger partial charge < -0.3 is 0 Å². The van der Waals surface area contributed by atoms with Gasteiger partial charge in [0.25, 0.3) is 0 Å². The molecule has 1 aromatic carbocycles. The van der Waals surface area contributed by atoms with E-state index in [1.807, 2.05) is 6.92 Å². The van der Waals surface area contributed by atoms with Crippen molar-refractivity contribution in [2.75, 3.05) is 12.8 Å². The van der Waals surface area contributed by atoms with Crippen LogP contribution in [0, 0.1) is 12.3 Å². The van der Waals surface area contributed by atoms with Gasteiger partial charge in [-0.25, -0.2) is 8.42 Å². The Morgan fingerprint density at radius 3 is 2.38 bits per heavy atom. The molecule has 1 rings (SSSR count). The largest absolute Gasteiger partial charge is 0.300 e. The minimum atomic E-state index is -3.11. The molecule has 1 atom stereocenters. The molecule has 0 saturated carbocycles. The number of sulfone groups is 1. The van der Waals surface area contributed by atoms with E-state index in [9.17, 15) is 8.42 Å². The van der Waals surface area contributed by atoms with E-state index in [-0.39, 0.29) is 6.04 Å². The van der Waals surface area contributed by atoms with Crippen LogP contribution in [-0.4, -0.2) is 21.2 Å². The first-order valence-corrected chi connectivity index (χ1v) is 6.81. The van der Waals surface area contributed by atoms with Crippen molar-refractivity contribution in [3.05, 3.63) is 29.8 Å². The van der Waals surface area contributed by atoms with Gasteiger partial charge >= 0.3 is 0 Å². The van der Waals surface area contributed by atoms with Crippen molar-refractivity contribution in [1.82, 2.24) is 5.32 Å². The molecule has 4 heteroatoms. The highest BCUT2D eigenvalue weighted by atomic mass is 32.2. The fourth-order valence-electron chi connectivity index (χ4n) is 1.33. The summed E-state index contributed by atoms with van der Waals surface area (Å²) in [6.45, 7) is 2.47. The second kappa shape index (κ2) is 5.15. The van der Waals surface area contributed by atoms with Crippen molar-refractivity contribution in [3.63, 3.8) is 0 Å². The van der Waals surface area contributed by atoms with Gasteiger partial charge in [0.2, 0.25) is 0 Å². The lowest BCUT2D eigenvalue weighted by molar-refractivity contribution is 0.601. The Kier molecular flexibility index (Phi) is 4.11. The van der Waals surface area contributed by atoms with Crippen LogP contribution in [0.4, 0.5) is 0 Å². The summed E-state index contributed by atoms with van der Waals surface area (Å²) in [5, 5.41) is 3.12. The van der Waals surface area contributed by atoms with E-state index in [1.165, 1.54) is 6.26 Å². The standard InChI is InChI=1S/C12H15NO2S/c1-4-9-13-10(2)11-5-7-12(8-6-11)16(3,14)15/h1,5-8,10,13H,9H2,2-3H3. The Balaban J connectivity index is 2.84. The average molecular weight is 237 g/mol. The maximum absolute atomic E-state index is 11.2. The van der Waals surface area contributed by atoms with E-state index in [2.05, 4.69) is 11.2 Å². The Morgan fingerprint density at radius 2 is 1.94 bits per heavy atom. The molecule has 0 spiro atoms. The van der Waals surface area contributed by atoms with E-state index >= 15 is 0 Å². The third-order valence-corrected chi connectivity index (χ3v) is 3.45. The van der Waals surface area contributed by atoms with Crippen molar-refractivity contribution in [2.24, 2.45) is 0 Å². The molecule has 86 valence electrons. The first-order valence-electron chi connectivity index (χ1n) is 4.92. The summed E-state index contributed by atoms with van der Waals surface area (Å²) >= 11 is 0. The molecule has 16 heavy (non-hydrogen) atoms. The van der Waals surface area contributed by atoms with Gasteiger partial charge in [-0.15, -0.1) is 6.42 Å². The summed E-state index contributed by atoms with van der Waals surface area (Å²) in [6.07, 6.45) is 6.34. The van der Waals surface area contributed by atoms with Gasteiger partial charge in [0.1, 0.15) is 0 Å². The monoisotopic (exact) mass is 237 g/mol. The zero-order valence-corrected chi connectivity index (χ0v) is 10.2. The zero-order valence-electron chi connectivity index (χ0n) is 9.40. The van der Waals surface area contributed by atoms with Crippen LogP contribution >= 0.6 is 0 Å². The lowest BCUT2D eigenvalue weighted by atomic mass is 10.1. The maximum Gasteiger partial charge on any atom is 0.175 e. The van der Waals surface area contributed by atoms with Crippen molar-refractivity contribution >= 4 is 9.84 Å². The summed E-state index contributed by atoms with van der Waals surface area (Å²) in [5.41, 5.74) is 1.02. The topological polar surface area (TPSA) is 46.2 Å². The molecule has 1 N–H and O–H groups in total. The fourth-order valence-corrected chi connectivity index (χ4v) is 1.96. The molecule has 1 aromatic rings. The van der Waals surface area contributed by atoms with Gasteiger partial charge in [0.05, 0.1) is 11.4 Å². The molecular formula is C12H15NO2S. The lowest BCUT2D eigenvalue weighted by Gasteiger charge is -2.12. The SMILES string of the molecule is C#CCNC(C)c1ccc(S(C)(=O)=O)cc1. The van der Waals surface area contributed by atoms with Gasteiger partial charge in [-0.3, -0.25) is 5.32 Å². The van der Waals surface area contributed by atoms with Gasteiger partial charge in [-0.05, 0) is 24.6 Å². The second-order valence-electron chi connectivity index (χ2n) is 3.65. The molecule has 0 amide bonds. The Hall–Kier alpha value is -1.31. The van der Waals surface area contributed by atoms with Crippen LogP contribution in [0.2, 0.25) is 0 Å². The Labute approximate surface area is 96.8 Å². The molecule has 0 aromatic heterocycles. The number of rotatable bonds is 4. The third kappa shape index (κ3) is 3.37. The summed E-state index contributed by atoms with van der Waals surface area (Å²) < 4.78 is 22.5. The first kappa shape index (κ1) is 12.8. The Morgan fingerprint density at radius 1 is 1.38 bits per heavy atom. The normalized spacial score (nSPS) is 13.1. The molecule has 0 aliphatic heterocycles. The second-order valence-corrected chi connectivity index (χ2v) is 5.66. The number of benzene rings is 1. The van der Waals surface area contributed by atoms with Crippen molar-refractivity contribution in [2.45, 2.75) is 17.9 Å². The Bertz CT molecular complexity index is 483. The van der Waals surface area contributed by atoms with Crippen LogP contribution in [0.5, 0.6) is 0 Å². The van der Waals surface area contributed by atoms with Crippen LogP contribution in [-0.2, 0) is 9.84 Å².